The minimum atomic E-state index is -0.241. The van der Waals surface area contributed by atoms with Gasteiger partial charge in [-0.1, -0.05) is 30.0 Å². The Morgan fingerprint density at radius 3 is 2.80 bits per heavy atom. The molecule has 128 valence electrons. The average Bonchev–Trinajstić information content (AvgIpc) is 2.95. The number of pyridine rings is 1. The quantitative estimate of drug-likeness (QED) is 0.860. The van der Waals surface area contributed by atoms with Crippen LogP contribution in [0.2, 0.25) is 0 Å². The maximum atomic E-state index is 12.3. The van der Waals surface area contributed by atoms with E-state index in [0.29, 0.717) is 18.5 Å². The molecule has 7 heteroatoms. The number of imide groups is 1. The van der Waals surface area contributed by atoms with Crippen molar-refractivity contribution in [3.05, 3.63) is 65.5 Å². The first-order chi connectivity index (χ1) is 12.1. The van der Waals surface area contributed by atoms with Gasteiger partial charge in [0.15, 0.2) is 0 Å². The molecule has 0 saturated carbocycles. The minimum absolute atomic E-state index is 0.187. The predicted molar refractivity (Wildman–Crippen MR) is 95.1 cm³/mol. The van der Waals surface area contributed by atoms with Gasteiger partial charge < -0.3 is 5.32 Å². The summed E-state index contributed by atoms with van der Waals surface area (Å²) in [6.45, 7) is 0.680. The van der Waals surface area contributed by atoms with Gasteiger partial charge in [-0.3, -0.25) is 24.3 Å². The van der Waals surface area contributed by atoms with E-state index in [-0.39, 0.29) is 29.4 Å². The number of nitrogens with one attached hydrogen (secondary N) is 1. The lowest BCUT2D eigenvalue weighted by molar-refractivity contribution is -0.125. The molecule has 3 amide bonds. The van der Waals surface area contributed by atoms with Crippen LogP contribution in [0.4, 0.5) is 4.79 Å². The summed E-state index contributed by atoms with van der Waals surface area (Å²) < 4.78 is 0. The average molecular weight is 355 g/mol. The van der Waals surface area contributed by atoms with Gasteiger partial charge in [0, 0.05) is 30.4 Å². The number of benzene rings is 1. The third kappa shape index (κ3) is 4.45. The molecule has 1 aromatic heterocycles. The van der Waals surface area contributed by atoms with Crippen LogP contribution < -0.4 is 5.32 Å². The van der Waals surface area contributed by atoms with Gasteiger partial charge in [0.05, 0.1) is 12.3 Å². The van der Waals surface area contributed by atoms with Crippen LogP contribution in [0.3, 0.4) is 0 Å². The lowest BCUT2D eigenvalue weighted by Crippen LogP contribution is -2.28. The SMILES string of the molecule is O=C(NCCc1ccccn1)c1cccc(CN2C(=O)CSC2=O)c1. The summed E-state index contributed by atoms with van der Waals surface area (Å²) >= 11 is 1.00. The Bertz CT molecular complexity index is 779. The molecule has 3 rings (SSSR count). The number of carbonyl (C=O) groups excluding carboxylic acids is 3. The number of amides is 3. The summed E-state index contributed by atoms with van der Waals surface area (Å²) in [5, 5.41) is 2.61. The fourth-order valence-electron chi connectivity index (χ4n) is 2.48. The maximum Gasteiger partial charge on any atom is 0.289 e. The van der Waals surface area contributed by atoms with Gasteiger partial charge in [0.25, 0.3) is 11.1 Å². The molecule has 1 aliphatic rings. The zero-order chi connectivity index (χ0) is 17.6. The van der Waals surface area contributed by atoms with E-state index in [1.807, 2.05) is 18.2 Å². The normalized spacial score (nSPS) is 14.0. The van der Waals surface area contributed by atoms with Crippen LogP contribution in [0.25, 0.3) is 0 Å². The van der Waals surface area contributed by atoms with E-state index in [1.54, 1.807) is 30.5 Å². The van der Waals surface area contributed by atoms with Crippen molar-refractivity contribution in [3.63, 3.8) is 0 Å². The van der Waals surface area contributed by atoms with Gasteiger partial charge in [-0.15, -0.1) is 0 Å². The van der Waals surface area contributed by atoms with E-state index in [1.165, 1.54) is 4.90 Å². The predicted octanol–water partition coefficient (Wildman–Crippen LogP) is 2.25. The minimum Gasteiger partial charge on any atom is -0.352 e. The molecular weight excluding hydrogens is 338 g/mol. The molecule has 0 aliphatic carbocycles. The summed E-state index contributed by atoms with van der Waals surface area (Å²) in [6, 6.07) is 12.6. The second-order valence-electron chi connectivity index (χ2n) is 5.56. The number of aromatic nitrogens is 1. The standard InChI is InChI=1S/C18H17N3O3S/c22-16-12-25-18(24)21(16)11-13-4-3-5-14(10-13)17(23)20-9-7-15-6-1-2-8-19-15/h1-6,8,10H,7,9,11-12H2,(H,20,23). The van der Waals surface area contributed by atoms with Gasteiger partial charge in [0.2, 0.25) is 5.91 Å². The molecule has 1 aromatic carbocycles. The molecule has 2 heterocycles. The molecule has 0 atom stereocenters. The summed E-state index contributed by atoms with van der Waals surface area (Å²) in [6.07, 6.45) is 2.38. The van der Waals surface area contributed by atoms with E-state index in [4.69, 9.17) is 0 Å². The number of carbonyl (C=O) groups is 3. The fraction of sp³-hybridized carbons (Fsp3) is 0.222. The van der Waals surface area contributed by atoms with Crippen molar-refractivity contribution >= 4 is 28.8 Å². The second-order valence-corrected chi connectivity index (χ2v) is 6.49. The number of thioether (sulfide) groups is 1. The number of rotatable bonds is 6. The first kappa shape index (κ1) is 17.2. The molecule has 1 aliphatic heterocycles. The van der Waals surface area contributed by atoms with E-state index in [2.05, 4.69) is 10.3 Å². The summed E-state index contributed by atoms with van der Waals surface area (Å²) in [7, 11) is 0. The highest BCUT2D eigenvalue weighted by atomic mass is 32.2. The third-order valence-corrected chi connectivity index (χ3v) is 4.62. The Hall–Kier alpha value is -2.67. The summed E-state index contributed by atoms with van der Waals surface area (Å²) in [4.78, 5) is 41.0. The van der Waals surface area contributed by atoms with E-state index >= 15 is 0 Å². The number of hydrogen-bond donors (Lipinski definition) is 1. The lowest BCUT2D eigenvalue weighted by atomic mass is 10.1. The largest absolute Gasteiger partial charge is 0.352 e. The molecule has 1 fully saturated rings. The van der Waals surface area contributed by atoms with E-state index < -0.39 is 0 Å². The van der Waals surface area contributed by atoms with Gasteiger partial charge >= 0.3 is 0 Å². The molecule has 25 heavy (non-hydrogen) atoms. The smallest absolute Gasteiger partial charge is 0.289 e. The third-order valence-electron chi connectivity index (χ3n) is 3.76. The zero-order valence-corrected chi connectivity index (χ0v) is 14.3. The molecule has 0 radical (unpaired) electrons. The van der Waals surface area contributed by atoms with Crippen LogP contribution in [-0.4, -0.2) is 39.2 Å². The molecule has 2 aromatic rings. The van der Waals surface area contributed by atoms with Crippen molar-refractivity contribution in [3.8, 4) is 0 Å². The van der Waals surface area contributed by atoms with Gasteiger partial charge in [-0.25, -0.2) is 0 Å². The Balaban J connectivity index is 1.58. The highest BCUT2D eigenvalue weighted by Crippen LogP contribution is 2.21. The molecule has 0 bridgehead atoms. The van der Waals surface area contributed by atoms with Crippen LogP contribution >= 0.6 is 11.8 Å². The van der Waals surface area contributed by atoms with Crippen molar-refractivity contribution in [2.24, 2.45) is 0 Å². The Labute approximate surface area is 149 Å². The zero-order valence-electron chi connectivity index (χ0n) is 13.5. The first-order valence-electron chi connectivity index (χ1n) is 7.87. The van der Waals surface area contributed by atoms with Crippen molar-refractivity contribution < 1.29 is 14.4 Å². The highest BCUT2D eigenvalue weighted by molar-refractivity contribution is 8.14. The monoisotopic (exact) mass is 355 g/mol. The Morgan fingerprint density at radius 2 is 2.08 bits per heavy atom. The van der Waals surface area contributed by atoms with Gasteiger partial charge in [-0.05, 0) is 29.8 Å². The van der Waals surface area contributed by atoms with Gasteiger partial charge in [-0.2, -0.15) is 0 Å². The second kappa shape index (κ2) is 7.94. The van der Waals surface area contributed by atoms with Crippen LogP contribution in [0.1, 0.15) is 21.6 Å². The molecule has 1 saturated heterocycles. The maximum absolute atomic E-state index is 12.3. The van der Waals surface area contributed by atoms with Crippen LogP contribution in [0.15, 0.2) is 48.7 Å². The molecule has 1 N–H and O–H groups in total. The molecule has 6 nitrogen and oxygen atoms in total. The van der Waals surface area contributed by atoms with E-state index in [9.17, 15) is 14.4 Å². The number of hydrogen-bond acceptors (Lipinski definition) is 5. The van der Waals surface area contributed by atoms with E-state index in [0.717, 1.165) is 23.0 Å². The van der Waals surface area contributed by atoms with Crippen molar-refractivity contribution in [1.82, 2.24) is 15.2 Å². The molecule has 0 unspecified atom stereocenters. The topological polar surface area (TPSA) is 79.4 Å². The molecule has 0 spiro atoms. The lowest BCUT2D eigenvalue weighted by Gasteiger charge is -2.13. The summed E-state index contributed by atoms with van der Waals surface area (Å²) in [5.74, 6) is -0.196. The Morgan fingerprint density at radius 1 is 1.20 bits per heavy atom. The highest BCUT2D eigenvalue weighted by Gasteiger charge is 2.29. The van der Waals surface area contributed by atoms with Crippen molar-refractivity contribution in [2.75, 3.05) is 12.3 Å². The van der Waals surface area contributed by atoms with Crippen LogP contribution in [0.5, 0.6) is 0 Å². The van der Waals surface area contributed by atoms with Crippen LogP contribution in [-0.2, 0) is 17.8 Å². The number of nitrogens with zero attached hydrogens (tertiary/aromatic N) is 2. The van der Waals surface area contributed by atoms with Crippen molar-refractivity contribution in [1.29, 1.82) is 0 Å². The van der Waals surface area contributed by atoms with Crippen LogP contribution in [0, 0.1) is 0 Å². The van der Waals surface area contributed by atoms with Gasteiger partial charge in [0.1, 0.15) is 0 Å². The molecular formula is C18H17N3O3S. The summed E-state index contributed by atoms with van der Waals surface area (Å²) in [5.41, 5.74) is 2.17. The fourth-order valence-corrected chi connectivity index (χ4v) is 3.20. The van der Waals surface area contributed by atoms with Crippen molar-refractivity contribution in [2.45, 2.75) is 13.0 Å². The first-order valence-corrected chi connectivity index (χ1v) is 8.86. The Kier molecular flexibility index (Phi) is 5.45.